The Morgan fingerprint density at radius 3 is 2.47 bits per heavy atom. The first-order valence-electron chi connectivity index (χ1n) is 11.7. The number of benzene rings is 2. The number of carbonyl (C=O) groups is 2. The molecule has 0 aliphatic carbocycles. The van der Waals surface area contributed by atoms with Crippen molar-refractivity contribution in [3.8, 4) is 0 Å². The number of piperazine rings is 1. The summed E-state index contributed by atoms with van der Waals surface area (Å²) >= 11 is 0. The van der Waals surface area contributed by atoms with Crippen LogP contribution in [0.25, 0.3) is 6.08 Å². The van der Waals surface area contributed by atoms with Crippen LogP contribution in [-0.4, -0.2) is 70.4 Å². The standard InChI is InChI=1S/C27H29N5O2/c1-21(18-22-6-3-2-4-7-22)19-29-12-15-31(16-13-29)24-9-5-8-23-25(24)27(34)32(26(23)33)17-14-30-11-10-28-20-30/h2-11,18,20H,12-17,19H2,1H3/b21-18+. The van der Waals surface area contributed by atoms with Crippen molar-refractivity contribution in [1.82, 2.24) is 19.4 Å². The molecule has 5 rings (SSSR count). The lowest BCUT2D eigenvalue weighted by molar-refractivity contribution is 0.0649. The van der Waals surface area contributed by atoms with E-state index in [1.54, 1.807) is 18.6 Å². The molecule has 34 heavy (non-hydrogen) atoms. The van der Waals surface area contributed by atoms with Gasteiger partial charge in [-0.05, 0) is 24.6 Å². The second kappa shape index (κ2) is 9.65. The van der Waals surface area contributed by atoms with Crippen LogP contribution < -0.4 is 4.90 Å². The van der Waals surface area contributed by atoms with Crippen molar-refractivity contribution in [2.45, 2.75) is 13.5 Å². The fourth-order valence-electron chi connectivity index (χ4n) is 4.80. The van der Waals surface area contributed by atoms with E-state index in [4.69, 9.17) is 0 Å². The van der Waals surface area contributed by atoms with Crippen LogP contribution in [0.5, 0.6) is 0 Å². The molecule has 2 aromatic carbocycles. The predicted molar refractivity (Wildman–Crippen MR) is 133 cm³/mol. The van der Waals surface area contributed by atoms with E-state index in [0.717, 1.165) is 38.4 Å². The summed E-state index contributed by atoms with van der Waals surface area (Å²) in [6.45, 7) is 7.45. The van der Waals surface area contributed by atoms with Crippen molar-refractivity contribution >= 4 is 23.6 Å². The molecule has 0 atom stereocenters. The van der Waals surface area contributed by atoms with Crippen molar-refractivity contribution in [2.24, 2.45) is 0 Å². The van der Waals surface area contributed by atoms with Crippen LogP contribution in [0.2, 0.25) is 0 Å². The molecule has 0 radical (unpaired) electrons. The number of fused-ring (bicyclic) bond motifs is 1. The van der Waals surface area contributed by atoms with E-state index >= 15 is 0 Å². The van der Waals surface area contributed by atoms with Gasteiger partial charge in [0.25, 0.3) is 11.8 Å². The van der Waals surface area contributed by atoms with Crippen molar-refractivity contribution in [3.63, 3.8) is 0 Å². The molecule has 1 saturated heterocycles. The number of imidazole rings is 1. The minimum Gasteiger partial charge on any atom is -0.368 e. The highest BCUT2D eigenvalue weighted by Crippen LogP contribution is 2.32. The maximum Gasteiger partial charge on any atom is 0.263 e. The van der Waals surface area contributed by atoms with Crippen molar-refractivity contribution in [3.05, 3.63) is 89.5 Å². The largest absolute Gasteiger partial charge is 0.368 e. The van der Waals surface area contributed by atoms with Crippen LogP contribution >= 0.6 is 0 Å². The van der Waals surface area contributed by atoms with Crippen molar-refractivity contribution in [1.29, 1.82) is 0 Å². The number of rotatable bonds is 7. The average molecular weight is 456 g/mol. The van der Waals surface area contributed by atoms with Gasteiger partial charge < -0.3 is 9.47 Å². The maximum absolute atomic E-state index is 13.2. The quantitative estimate of drug-likeness (QED) is 0.511. The highest BCUT2D eigenvalue weighted by Gasteiger charge is 2.38. The molecule has 2 amide bonds. The number of carbonyl (C=O) groups excluding carboxylic acids is 2. The molecule has 0 spiro atoms. The van der Waals surface area contributed by atoms with Gasteiger partial charge in [-0.25, -0.2) is 4.98 Å². The zero-order chi connectivity index (χ0) is 23.5. The minimum atomic E-state index is -0.206. The number of amides is 2. The second-order valence-electron chi connectivity index (χ2n) is 8.93. The normalized spacial score (nSPS) is 16.9. The Morgan fingerprint density at radius 2 is 1.74 bits per heavy atom. The van der Waals surface area contributed by atoms with Crippen LogP contribution in [0.15, 0.2) is 72.8 Å². The fraction of sp³-hybridized carbons (Fsp3) is 0.296. The van der Waals surface area contributed by atoms with Gasteiger partial charge >= 0.3 is 0 Å². The molecule has 0 N–H and O–H groups in total. The number of hydrogen-bond acceptors (Lipinski definition) is 5. The van der Waals surface area contributed by atoms with Gasteiger partial charge in [0.1, 0.15) is 0 Å². The van der Waals surface area contributed by atoms with Crippen LogP contribution in [0.3, 0.4) is 0 Å². The van der Waals surface area contributed by atoms with Gasteiger partial charge in [-0.1, -0.05) is 48.0 Å². The van der Waals surface area contributed by atoms with Gasteiger partial charge in [0.05, 0.1) is 23.1 Å². The van der Waals surface area contributed by atoms with Gasteiger partial charge in [0.2, 0.25) is 0 Å². The topological polar surface area (TPSA) is 61.7 Å². The lowest BCUT2D eigenvalue weighted by Crippen LogP contribution is -2.47. The molecule has 2 aliphatic heterocycles. The third-order valence-corrected chi connectivity index (χ3v) is 6.52. The van der Waals surface area contributed by atoms with Crippen LogP contribution in [-0.2, 0) is 6.54 Å². The number of nitrogens with zero attached hydrogens (tertiary/aromatic N) is 5. The summed E-state index contributed by atoms with van der Waals surface area (Å²) < 4.78 is 1.87. The molecule has 0 bridgehead atoms. The Bertz CT molecular complexity index is 1200. The summed E-state index contributed by atoms with van der Waals surface area (Å²) in [7, 11) is 0. The molecule has 0 unspecified atom stereocenters. The zero-order valence-corrected chi connectivity index (χ0v) is 19.4. The average Bonchev–Trinajstić information content (AvgIpc) is 3.46. The molecule has 0 saturated carbocycles. The Balaban J connectivity index is 1.24. The molecular formula is C27H29N5O2. The molecule has 3 heterocycles. The van der Waals surface area contributed by atoms with Gasteiger partial charge in [-0.3, -0.25) is 19.4 Å². The Morgan fingerprint density at radius 1 is 0.941 bits per heavy atom. The minimum absolute atomic E-state index is 0.195. The first-order valence-corrected chi connectivity index (χ1v) is 11.7. The predicted octanol–water partition coefficient (Wildman–Crippen LogP) is 3.40. The first kappa shape index (κ1) is 22.1. The summed E-state index contributed by atoms with van der Waals surface area (Å²) in [6.07, 6.45) is 7.46. The van der Waals surface area contributed by atoms with E-state index < -0.39 is 0 Å². The highest BCUT2D eigenvalue weighted by atomic mass is 16.2. The zero-order valence-electron chi connectivity index (χ0n) is 19.4. The molecule has 7 heteroatoms. The third-order valence-electron chi connectivity index (χ3n) is 6.52. The van der Waals surface area contributed by atoms with E-state index in [1.807, 2.05) is 29.0 Å². The van der Waals surface area contributed by atoms with Crippen molar-refractivity contribution < 1.29 is 9.59 Å². The molecule has 7 nitrogen and oxygen atoms in total. The Kier molecular flexibility index (Phi) is 6.27. The number of imide groups is 1. The number of anilines is 1. The lowest BCUT2D eigenvalue weighted by atomic mass is 10.1. The summed E-state index contributed by atoms with van der Waals surface area (Å²) in [4.78, 5) is 36.3. The van der Waals surface area contributed by atoms with Crippen molar-refractivity contribution in [2.75, 3.05) is 44.2 Å². The fourth-order valence-corrected chi connectivity index (χ4v) is 4.80. The van der Waals surface area contributed by atoms with Gasteiger partial charge in [-0.2, -0.15) is 0 Å². The van der Waals surface area contributed by atoms with Gasteiger partial charge in [0, 0.05) is 58.2 Å². The first-order chi connectivity index (χ1) is 16.6. The summed E-state index contributed by atoms with van der Waals surface area (Å²) in [5, 5.41) is 0. The van der Waals surface area contributed by atoms with Gasteiger partial charge in [-0.15, -0.1) is 0 Å². The smallest absolute Gasteiger partial charge is 0.263 e. The van der Waals surface area contributed by atoms with E-state index in [9.17, 15) is 9.59 Å². The Hall–Kier alpha value is -3.71. The number of hydrogen-bond donors (Lipinski definition) is 0. The molecule has 3 aromatic rings. The maximum atomic E-state index is 13.2. The molecule has 2 aliphatic rings. The Labute approximate surface area is 199 Å². The third kappa shape index (κ3) is 4.52. The molecule has 174 valence electrons. The van der Waals surface area contributed by atoms with E-state index in [0.29, 0.717) is 24.2 Å². The van der Waals surface area contributed by atoms with Gasteiger partial charge in [0.15, 0.2) is 0 Å². The summed E-state index contributed by atoms with van der Waals surface area (Å²) in [5.74, 6) is -0.401. The molecule has 1 fully saturated rings. The van der Waals surface area contributed by atoms with E-state index in [2.05, 4.69) is 52.0 Å². The lowest BCUT2D eigenvalue weighted by Gasteiger charge is -2.37. The number of aromatic nitrogens is 2. The van der Waals surface area contributed by atoms with Crippen LogP contribution in [0.4, 0.5) is 5.69 Å². The SMILES string of the molecule is C/C(=C\c1ccccc1)CN1CCN(c2cccc3c2C(=O)N(CCn2ccnc2)C3=O)CC1. The second-order valence-corrected chi connectivity index (χ2v) is 8.93. The molecule has 1 aromatic heterocycles. The summed E-state index contributed by atoms with van der Waals surface area (Å²) in [6, 6.07) is 16.0. The monoisotopic (exact) mass is 455 g/mol. The summed E-state index contributed by atoms with van der Waals surface area (Å²) in [5.41, 5.74) is 4.48. The van der Waals surface area contributed by atoms with Crippen LogP contribution in [0, 0.1) is 0 Å². The highest BCUT2D eigenvalue weighted by molar-refractivity contribution is 6.23. The van der Waals surface area contributed by atoms with E-state index in [1.165, 1.54) is 16.0 Å². The molecular weight excluding hydrogens is 426 g/mol. The van der Waals surface area contributed by atoms with E-state index in [-0.39, 0.29) is 11.8 Å². The van der Waals surface area contributed by atoms with Crippen LogP contribution in [0.1, 0.15) is 33.2 Å².